The van der Waals surface area contributed by atoms with Crippen molar-refractivity contribution in [1.82, 2.24) is 0 Å². The van der Waals surface area contributed by atoms with Gasteiger partial charge in [-0.2, -0.15) is 0 Å². The van der Waals surface area contributed by atoms with E-state index in [2.05, 4.69) is 0 Å². The van der Waals surface area contributed by atoms with Gasteiger partial charge in [-0.15, -0.1) is 0 Å². The molecule has 2 aliphatic rings. The predicted octanol–water partition coefficient (Wildman–Crippen LogP) is 0.405. The molecule has 5 nitrogen and oxygen atoms in total. The maximum Gasteiger partial charge on any atom is 0.155 e. The number of hydrogen-bond donors (Lipinski definition) is 0. The Hall–Kier alpha value is -0.140. The van der Waals surface area contributed by atoms with Crippen LogP contribution < -0.4 is 0 Å². The van der Waals surface area contributed by atoms with Gasteiger partial charge in [0.25, 0.3) is 0 Å². The molecule has 2 fully saturated rings. The Labute approximate surface area is 109 Å². The summed E-state index contributed by atoms with van der Waals surface area (Å²) < 4.78 is 52.6. The summed E-state index contributed by atoms with van der Waals surface area (Å²) in [5, 5.41) is -0.434. The average molecular weight is 296 g/mol. The Balaban J connectivity index is 1.99. The fourth-order valence-electron chi connectivity index (χ4n) is 2.71. The molecule has 0 radical (unpaired) electrons. The van der Waals surface area contributed by atoms with Crippen molar-refractivity contribution in [3.05, 3.63) is 0 Å². The summed E-state index contributed by atoms with van der Waals surface area (Å²) >= 11 is 0. The Morgan fingerprint density at radius 1 is 1.17 bits per heavy atom. The fourth-order valence-corrected chi connectivity index (χ4v) is 6.68. The third kappa shape index (κ3) is 3.68. The summed E-state index contributed by atoms with van der Waals surface area (Å²) in [5.74, 6) is 0.00607. The lowest BCUT2D eigenvalue weighted by Crippen LogP contribution is -2.37. The van der Waals surface area contributed by atoms with Crippen LogP contribution in [-0.2, 0) is 24.4 Å². The lowest BCUT2D eigenvalue weighted by atomic mass is 10.1. The Morgan fingerprint density at radius 3 is 2.56 bits per heavy atom. The Kier molecular flexibility index (Phi) is 4.33. The van der Waals surface area contributed by atoms with E-state index in [-0.39, 0.29) is 29.8 Å². The van der Waals surface area contributed by atoms with Crippen LogP contribution in [0.3, 0.4) is 0 Å². The molecule has 18 heavy (non-hydrogen) atoms. The molecule has 2 aliphatic heterocycles. The van der Waals surface area contributed by atoms with Crippen LogP contribution in [0.5, 0.6) is 0 Å². The van der Waals surface area contributed by atoms with Crippen molar-refractivity contribution >= 4 is 19.7 Å². The van der Waals surface area contributed by atoms with Gasteiger partial charge in [0.1, 0.15) is 0 Å². The highest BCUT2D eigenvalue weighted by atomic mass is 32.2. The minimum Gasteiger partial charge on any atom is -0.380 e. The zero-order chi connectivity index (χ0) is 13.2. The van der Waals surface area contributed by atoms with E-state index in [1.54, 1.807) is 0 Å². The van der Waals surface area contributed by atoms with Crippen molar-refractivity contribution < 1.29 is 21.6 Å². The zero-order valence-corrected chi connectivity index (χ0v) is 12.0. The number of hydrogen-bond acceptors (Lipinski definition) is 5. The van der Waals surface area contributed by atoms with E-state index in [9.17, 15) is 16.8 Å². The second-order valence-electron chi connectivity index (χ2n) is 5.29. The summed E-state index contributed by atoms with van der Waals surface area (Å²) in [4.78, 5) is 0. The summed E-state index contributed by atoms with van der Waals surface area (Å²) in [6.45, 7) is 0.894. The van der Waals surface area contributed by atoms with E-state index < -0.39 is 24.9 Å². The molecule has 2 atom stereocenters. The minimum absolute atomic E-state index is 0.000255. The first-order valence-corrected chi connectivity index (χ1v) is 9.92. The standard InChI is InChI=1S/C11H20O5S2/c12-17(13)6-2-3-10(8-17)9-18(14,15)11-4-1-5-16-7-11/h10-11H,1-9H2. The molecule has 2 saturated heterocycles. The topological polar surface area (TPSA) is 77.5 Å². The number of sulfone groups is 2. The Morgan fingerprint density at radius 2 is 1.94 bits per heavy atom. The van der Waals surface area contributed by atoms with Crippen molar-refractivity contribution in [2.24, 2.45) is 5.92 Å². The maximum absolute atomic E-state index is 12.2. The highest BCUT2D eigenvalue weighted by Crippen LogP contribution is 2.24. The Bertz CT molecular complexity index is 474. The molecule has 106 valence electrons. The third-order valence-corrected chi connectivity index (χ3v) is 7.87. The van der Waals surface area contributed by atoms with Crippen LogP contribution in [-0.4, -0.2) is 52.6 Å². The molecule has 2 unspecified atom stereocenters. The van der Waals surface area contributed by atoms with Crippen LogP contribution in [0.1, 0.15) is 25.7 Å². The van der Waals surface area contributed by atoms with E-state index in [0.29, 0.717) is 25.9 Å². The first kappa shape index (κ1) is 14.3. The lowest BCUT2D eigenvalue weighted by Gasteiger charge is -2.26. The molecule has 0 aromatic carbocycles. The summed E-state index contributed by atoms with van der Waals surface area (Å²) in [6, 6.07) is 0. The van der Waals surface area contributed by atoms with Crippen LogP contribution in [0.25, 0.3) is 0 Å². The summed E-state index contributed by atoms with van der Waals surface area (Å²) in [6.07, 6.45) is 2.70. The largest absolute Gasteiger partial charge is 0.380 e. The molecule has 0 N–H and O–H groups in total. The molecule has 0 aromatic rings. The molecule has 0 amide bonds. The second kappa shape index (κ2) is 5.46. The highest BCUT2D eigenvalue weighted by Gasteiger charge is 2.33. The minimum atomic E-state index is -3.22. The van der Waals surface area contributed by atoms with Gasteiger partial charge in [-0.3, -0.25) is 0 Å². The van der Waals surface area contributed by atoms with E-state index in [1.165, 1.54) is 0 Å². The second-order valence-corrected chi connectivity index (χ2v) is 9.85. The smallest absolute Gasteiger partial charge is 0.155 e. The normalized spacial score (nSPS) is 33.1. The van der Waals surface area contributed by atoms with Gasteiger partial charge in [0.15, 0.2) is 19.7 Å². The fraction of sp³-hybridized carbons (Fsp3) is 1.00. The van der Waals surface area contributed by atoms with E-state index >= 15 is 0 Å². The van der Waals surface area contributed by atoms with Gasteiger partial charge in [0, 0.05) is 6.61 Å². The monoisotopic (exact) mass is 296 g/mol. The summed E-state index contributed by atoms with van der Waals surface area (Å²) in [7, 11) is -6.25. The van der Waals surface area contributed by atoms with Crippen molar-refractivity contribution in [3.63, 3.8) is 0 Å². The molecule has 0 aromatic heterocycles. The van der Waals surface area contributed by atoms with Gasteiger partial charge in [0.2, 0.25) is 0 Å². The molecule has 0 bridgehead atoms. The van der Waals surface area contributed by atoms with Gasteiger partial charge >= 0.3 is 0 Å². The van der Waals surface area contributed by atoms with Gasteiger partial charge in [-0.05, 0) is 31.6 Å². The number of rotatable bonds is 3. The van der Waals surface area contributed by atoms with Crippen LogP contribution >= 0.6 is 0 Å². The van der Waals surface area contributed by atoms with Gasteiger partial charge in [-0.1, -0.05) is 0 Å². The molecule has 0 aliphatic carbocycles. The van der Waals surface area contributed by atoms with E-state index in [4.69, 9.17) is 4.74 Å². The molecular weight excluding hydrogens is 276 g/mol. The van der Waals surface area contributed by atoms with Crippen molar-refractivity contribution in [1.29, 1.82) is 0 Å². The van der Waals surface area contributed by atoms with Crippen molar-refractivity contribution in [2.45, 2.75) is 30.9 Å². The predicted molar refractivity (Wildman–Crippen MR) is 69.0 cm³/mol. The highest BCUT2D eigenvalue weighted by molar-refractivity contribution is 7.92. The van der Waals surface area contributed by atoms with Crippen molar-refractivity contribution in [3.8, 4) is 0 Å². The van der Waals surface area contributed by atoms with Gasteiger partial charge < -0.3 is 4.74 Å². The molecule has 0 saturated carbocycles. The molecular formula is C11H20O5S2. The first-order chi connectivity index (χ1) is 8.39. The van der Waals surface area contributed by atoms with Gasteiger partial charge in [-0.25, -0.2) is 16.8 Å². The van der Waals surface area contributed by atoms with E-state index in [1.807, 2.05) is 0 Å². The average Bonchev–Trinajstić information content (AvgIpc) is 2.28. The molecule has 0 spiro atoms. The van der Waals surface area contributed by atoms with Crippen LogP contribution in [0.4, 0.5) is 0 Å². The lowest BCUT2D eigenvalue weighted by molar-refractivity contribution is 0.0990. The van der Waals surface area contributed by atoms with Crippen molar-refractivity contribution in [2.75, 3.05) is 30.5 Å². The van der Waals surface area contributed by atoms with E-state index in [0.717, 1.165) is 6.42 Å². The zero-order valence-electron chi connectivity index (χ0n) is 10.4. The molecule has 2 heterocycles. The SMILES string of the molecule is O=S1(=O)CCCC(CS(=O)(=O)C2CCCOC2)C1. The van der Waals surface area contributed by atoms with Gasteiger partial charge in [0.05, 0.1) is 29.1 Å². The van der Waals surface area contributed by atoms with Crippen LogP contribution in [0.15, 0.2) is 0 Å². The molecule has 2 rings (SSSR count). The maximum atomic E-state index is 12.2. The molecule has 7 heteroatoms. The first-order valence-electron chi connectivity index (χ1n) is 6.39. The quantitative estimate of drug-likeness (QED) is 0.753. The third-order valence-electron chi connectivity index (χ3n) is 3.65. The number of ether oxygens (including phenoxy) is 1. The van der Waals surface area contributed by atoms with Crippen LogP contribution in [0.2, 0.25) is 0 Å². The summed E-state index contributed by atoms with van der Waals surface area (Å²) in [5.41, 5.74) is 0. The van der Waals surface area contributed by atoms with Crippen LogP contribution in [0, 0.1) is 5.92 Å².